The summed E-state index contributed by atoms with van der Waals surface area (Å²) in [4.78, 5) is 14.1. The van der Waals surface area contributed by atoms with Gasteiger partial charge in [-0.15, -0.1) is 12.4 Å². The number of halogens is 1. The number of rotatable bonds is 1. The Morgan fingerprint density at radius 3 is 2.56 bits per heavy atom. The van der Waals surface area contributed by atoms with Gasteiger partial charge in [-0.05, 0) is 17.6 Å². The molecule has 0 aliphatic carbocycles. The van der Waals surface area contributed by atoms with Crippen LogP contribution in [0, 0.1) is 5.92 Å². The van der Waals surface area contributed by atoms with E-state index in [1.165, 1.54) is 11.1 Å². The zero-order valence-corrected chi connectivity index (χ0v) is 10.0. The summed E-state index contributed by atoms with van der Waals surface area (Å²) < 4.78 is 5.26. The molecule has 0 saturated carbocycles. The molecule has 0 aromatic heterocycles. The van der Waals surface area contributed by atoms with Gasteiger partial charge in [-0.2, -0.15) is 0 Å². The van der Waals surface area contributed by atoms with Crippen molar-refractivity contribution in [3.63, 3.8) is 0 Å². The standard InChI is InChI=1S/C11H16N2O2.ClH/c14-11(8-1-2-15-7-8)13-5-9-3-12-4-10(9)6-13;/h8,12H,1-7H2;1H. The van der Waals surface area contributed by atoms with Crippen LogP contribution in [-0.4, -0.2) is 50.2 Å². The highest BCUT2D eigenvalue weighted by atomic mass is 35.5. The molecule has 1 N–H and O–H groups in total. The molecule has 3 rings (SSSR count). The highest BCUT2D eigenvalue weighted by Gasteiger charge is 2.33. The molecule has 3 aliphatic rings. The summed E-state index contributed by atoms with van der Waals surface area (Å²) in [6.45, 7) is 5.01. The van der Waals surface area contributed by atoms with Crippen molar-refractivity contribution in [2.75, 3.05) is 39.4 Å². The smallest absolute Gasteiger partial charge is 0.228 e. The Kier molecular flexibility index (Phi) is 3.52. The fourth-order valence-electron chi connectivity index (χ4n) is 2.61. The summed E-state index contributed by atoms with van der Waals surface area (Å²) in [6, 6.07) is 0. The Labute approximate surface area is 101 Å². The molecule has 90 valence electrons. The Balaban J connectivity index is 0.000000963. The average Bonchev–Trinajstić information content (AvgIpc) is 2.92. The fraction of sp³-hybridized carbons (Fsp3) is 0.727. The number of hydrogen-bond acceptors (Lipinski definition) is 3. The Hall–Kier alpha value is -0.580. The van der Waals surface area contributed by atoms with Crippen LogP contribution in [0.2, 0.25) is 0 Å². The second kappa shape index (κ2) is 4.73. The van der Waals surface area contributed by atoms with Crippen molar-refractivity contribution in [3.8, 4) is 0 Å². The first-order chi connectivity index (χ1) is 7.34. The number of carbonyl (C=O) groups is 1. The molecule has 4 nitrogen and oxygen atoms in total. The molecule has 3 heterocycles. The molecule has 0 aromatic carbocycles. The maximum atomic E-state index is 12.1. The van der Waals surface area contributed by atoms with Gasteiger partial charge in [0.25, 0.3) is 0 Å². The lowest BCUT2D eigenvalue weighted by atomic mass is 10.1. The lowest BCUT2D eigenvalue weighted by Crippen LogP contribution is -2.37. The van der Waals surface area contributed by atoms with E-state index >= 15 is 0 Å². The SMILES string of the molecule is Cl.O=C(C1CCOC1)N1CC2=C(CNC2)C1. The molecule has 0 aromatic rings. The van der Waals surface area contributed by atoms with Crippen LogP contribution < -0.4 is 5.32 Å². The molecule has 5 heteroatoms. The second-order valence-corrected chi connectivity index (χ2v) is 4.57. The number of nitrogens with one attached hydrogen (secondary N) is 1. The first-order valence-electron chi connectivity index (χ1n) is 5.61. The normalized spacial score (nSPS) is 28.2. The molecular formula is C11H17ClN2O2. The van der Waals surface area contributed by atoms with Crippen LogP contribution in [0.25, 0.3) is 0 Å². The third kappa shape index (κ3) is 1.97. The predicted octanol–water partition coefficient (Wildman–Crippen LogP) is 0.187. The van der Waals surface area contributed by atoms with Crippen LogP contribution in [0.3, 0.4) is 0 Å². The number of ether oxygens (including phenoxy) is 1. The van der Waals surface area contributed by atoms with E-state index in [-0.39, 0.29) is 18.3 Å². The summed E-state index contributed by atoms with van der Waals surface area (Å²) in [5.74, 6) is 0.417. The van der Waals surface area contributed by atoms with Crippen LogP contribution in [0.15, 0.2) is 11.1 Å². The van der Waals surface area contributed by atoms with E-state index in [1.54, 1.807) is 0 Å². The number of carbonyl (C=O) groups excluding carboxylic acids is 1. The van der Waals surface area contributed by atoms with Crippen LogP contribution in [0.1, 0.15) is 6.42 Å². The molecule has 0 bridgehead atoms. The summed E-state index contributed by atoms with van der Waals surface area (Å²) >= 11 is 0. The van der Waals surface area contributed by atoms with E-state index in [1.807, 2.05) is 4.90 Å². The van der Waals surface area contributed by atoms with Gasteiger partial charge in [0, 0.05) is 32.8 Å². The van der Waals surface area contributed by atoms with Crippen molar-refractivity contribution in [3.05, 3.63) is 11.1 Å². The average molecular weight is 245 g/mol. The summed E-state index contributed by atoms with van der Waals surface area (Å²) in [6.07, 6.45) is 0.901. The molecule has 0 spiro atoms. The minimum atomic E-state index is 0. The van der Waals surface area contributed by atoms with Crippen molar-refractivity contribution in [2.45, 2.75) is 6.42 Å². The Morgan fingerprint density at radius 1 is 1.31 bits per heavy atom. The maximum absolute atomic E-state index is 12.1. The first kappa shape index (κ1) is 11.9. The highest BCUT2D eigenvalue weighted by Crippen LogP contribution is 2.24. The third-order valence-corrected chi connectivity index (χ3v) is 3.53. The topological polar surface area (TPSA) is 41.6 Å². The predicted molar refractivity (Wildman–Crippen MR) is 62.6 cm³/mol. The molecule has 3 aliphatic heterocycles. The second-order valence-electron chi connectivity index (χ2n) is 4.57. The number of amides is 1. The fourth-order valence-corrected chi connectivity index (χ4v) is 2.61. The summed E-state index contributed by atoms with van der Waals surface area (Å²) in [5, 5.41) is 3.32. The van der Waals surface area contributed by atoms with E-state index in [2.05, 4.69) is 5.32 Å². The van der Waals surface area contributed by atoms with Crippen LogP contribution >= 0.6 is 12.4 Å². The van der Waals surface area contributed by atoms with Crippen molar-refractivity contribution < 1.29 is 9.53 Å². The quantitative estimate of drug-likeness (QED) is 0.670. The number of nitrogens with zero attached hydrogens (tertiary/aromatic N) is 1. The molecular weight excluding hydrogens is 228 g/mol. The van der Waals surface area contributed by atoms with E-state index in [4.69, 9.17) is 4.74 Å². The van der Waals surface area contributed by atoms with E-state index in [0.29, 0.717) is 12.5 Å². The zero-order valence-electron chi connectivity index (χ0n) is 9.20. The molecule has 1 unspecified atom stereocenters. The molecule has 1 atom stereocenters. The van der Waals surface area contributed by atoms with Crippen LogP contribution in [0.5, 0.6) is 0 Å². The van der Waals surface area contributed by atoms with Crippen molar-refractivity contribution in [2.24, 2.45) is 5.92 Å². The van der Waals surface area contributed by atoms with Crippen LogP contribution in [0.4, 0.5) is 0 Å². The van der Waals surface area contributed by atoms with Gasteiger partial charge < -0.3 is 15.0 Å². The van der Waals surface area contributed by atoms with E-state index in [9.17, 15) is 4.79 Å². The third-order valence-electron chi connectivity index (χ3n) is 3.53. The maximum Gasteiger partial charge on any atom is 0.228 e. The highest BCUT2D eigenvalue weighted by molar-refractivity contribution is 5.85. The van der Waals surface area contributed by atoms with Crippen molar-refractivity contribution in [1.29, 1.82) is 0 Å². The van der Waals surface area contributed by atoms with Crippen LogP contribution in [-0.2, 0) is 9.53 Å². The first-order valence-corrected chi connectivity index (χ1v) is 5.61. The molecule has 16 heavy (non-hydrogen) atoms. The lowest BCUT2D eigenvalue weighted by Gasteiger charge is -2.21. The van der Waals surface area contributed by atoms with Crippen molar-refractivity contribution >= 4 is 18.3 Å². The van der Waals surface area contributed by atoms with Gasteiger partial charge in [0.15, 0.2) is 0 Å². The van der Waals surface area contributed by atoms with Gasteiger partial charge in [0.2, 0.25) is 5.91 Å². The molecule has 1 amide bonds. The van der Waals surface area contributed by atoms with E-state index < -0.39 is 0 Å². The van der Waals surface area contributed by atoms with Crippen molar-refractivity contribution in [1.82, 2.24) is 10.2 Å². The largest absolute Gasteiger partial charge is 0.381 e. The zero-order chi connectivity index (χ0) is 10.3. The molecule has 1 saturated heterocycles. The Morgan fingerprint density at radius 2 is 2.00 bits per heavy atom. The van der Waals surface area contributed by atoms with Gasteiger partial charge >= 0.3 is 0 Å². The van der Waals surface area contributed by atoms with Gasteiger partial charge in [0.1, 0.15) is 0 Å². The Bertz CT molecular complexity index is 308. The monoisotopic (exact) mass is 244 g/mol. The molecule has 0 radical (unpaired) electrons. The van der Waals surface area contributed by atoms with Gasteiger partial charge in [-0.3, -0.25) is 4.79 Å². The lowest BCUT2D eigenvalue weighted by molar-refractivity contribution is -0.134. The minimum absolute atomic E-state index is 0. The van der Waals surface area contributed by atoms with Gasteiger partial charge in [0.05, 0.1) is 12.5 Å². The van der Waals surface area contributed by atoms with E-state index in [0.717, 1.165) is 39.2 Å². The van der Waals surface area contributed by atoms with Gasteiger partial charge in [-0.25, -0.2) is 0 Å². The molecule has 1 fully saturated rings. The summed E-state index contributed by atoms with van der Waals surface area (Å²) in [5.41, 5.74) is 2.87. The summed E-state index contributed by atoms with van der Waals surface area (Å²) in [7, 11) is 0. The number of hydrogen-bond donors (Lipinski definition) is 1. The minimum Gasteiger partial charge on any atom is -0.381 e. The van der Waals surface area contributed by atoms with Gasteiger partial charge in [-0.1, -0.05) is 0 Å².